The average Bonchev–Trinajstić information content (AvgIpc) is 2.66. The molecule has 0 aromatic heterocycles. The van der Waals surface area contributed by atoms with Gasteiger partial charge in [-0.3, -0.25) is 4.99 Å². The summed E-state index contributed by atoms with van der Waals surface area (Å²) in [5.41, 5.74) is 0.0338. The van der Waals surface area contributed by atoms with Gasteiger partial charge >= 0.3 is 0 Å². The van der Waals surface area contributed by atoms with Crippen molar-refractivity contribution in [1.29, 1.82) is 0 Å². The molecule has 1 N–H and O–H groups in total. The van der Waals surface area contributed by atoms with Gasteiger partial charge in [-0.15, -0.1) is 0 Å². The Morgan fingerprint density at radius 3 is 2.35 bits per heavy atom. The molecule has 0 saturated carbocycles. The van der Waals surface area contributed by atoms with Crippen LogP contribution in [0.4, 0.5) is 0 Å². The maximum atomic E-state index is 9.15. The highest BCUT2D eigenvalue weighted by atomic mass is 16.5. The smallest absolute Gasteiger partial charge is 0.195 e. The van der Waals surface area contributed by atoms with Crippen LogP contribution >= 0.6 is 0 Å². The van der Waals surface area contributed by atoms with E-state index in [0.717, 1.165) is 32.0 Å². The van der Waals surface area contributed by atoms with Crippen molar-refractivity contribution in [2.24, 2.45) is 10.4 Å². The summed E-state index contributed by atoms with van der Waals surface area (Å²) >= 11 is 0. The largest absolute Gasteiger partial charge is 0.396 e. The highest BCUT2D eigenvalue weighted by Crippen LogP contribution is 2.32. The Bertz CT molecular complexity index is 248. The summed E-state index contributed by atoms with van der Waals surface area (Å²) in [6.45, 7) is 2.43. The van der Waals surface area contributed by atoms with Crippen molar-refractivity contribution >= 4 is 5.96 Å². The highest BCUT2D eigenvalue weighted by Gasteiger charge is 2.34. The van der Waals surface area contributed by atoms with Crippen LogP contribution < -0.4 is 0 Å². The summed E-state index contributed by atoms with van der Waals surface area (Å²) in [4.78, 5) is 8.68. The zero-order valence-corrected chi connectivity index (χ0v) is 11.4. The molecule has 0 aromatic rings. The van der Waals surface area contributed by atoms with Crippen LogP contribution in [0.1, 0.15) is 12.8 Å². The fourth-order valence-corrected chi connectivity index (χ4v) is 2.21. The van der Waals surface area contributed by atoms with Gasteiger partial charge in [0.05, 0.1) is 13.2 Å². The van der Waals surface area contributed by atoms with Crippen LogP contribution in [0.5, 0.6) is 0 Å². The predicted molar refractivity (Wildman–Crippen MR) is 69.2 cm³/mol. The molecule has 0 radical (unpaired) electrons. The molecule has 17 heavy (non-hydrogen) atoms. The summed E-state index contributed by atoms with van der Waals surface area (Å²) in [5.74, 6) is 0.953. The fourth-order valence-electron chi connectivity index (χ4n) is 2.21. The number of aliphatic hydroxyl groups excluding tert-OH is 1. The van der Waals surface area contributed by atoms with Crippen molar-refractivity contribution in [2.45, 2.75) is 12.8 Å². The quantitative estimate of drug-likeness (QED) is 0.568. The van der Waals surface area contributed by atoms with Crippen molar-refractivity contribution in [3.8, 4) is 0 Å². The second-order valence-electron chi connectivity index (χ2n) is 5.18. The first kappa shape index (κ1) is 14.3. The molecule has 1 heterocycles. The second kappa shape index (κ2) is 6.21. The van der Waals surface area contributed by atoms with Crippen LogP contribution in [0.3, 0.4) is 0 Å². The Morgan fingerprint density at radius 1 is 1.29 bits per heavy atom. The van der Waals surface area contributed by atoms with Gasteiger partial charge in [-0.05, 0) is 12.8 Å². The minimum atomic E-state index is 0.0338. The molecule has 1 atom stereocenters. The normalized spacial score (nSPS) is 23.6. The topological polar surface area (TPSA) is 48.3 Å². The SMILES string of the molecule is CN(C)C(=NCC1(CCO)CCOC1)N(C)C. The summed E-state index contributed by atoms with van der Waals surface area (Å²) in [6, 6.07) is 0. The number of hydrogen-bond donors (Lipinski definition) is 1. The number of rotatable bonds is 4. The van der Waals surface area contributed by atoms with Crippen LogP contribution in [0.15, 0.2) is 4.99 Å². The van der Waals surface area contributed by atoms with Crippen molar-refractivity contribution in [3.63, 3.8) is 0 Å². The molecule has 1 saturated heterocycles. The van der Waals surface area contributed by atoms with E-state index >= 15 is 0 Å². The Morgan fingerprint density at radius 2 is 1.94 bits per heavy atom. The number of ether oxygens (including phenoxy) is 1. The third-order valence-corrected chi connectivity index (χ3v) is 3.18. The maximum Gasteiger partial charge on any atom is 0.195 e. The molecule has 1 aliphatic heterocycles. The van der Waals surface area contributed by atoms with E-state index < -0.39 is 0 Å². The predicted octanol–water partition coefficient (Wildman–Crippen LogP) is 0.255. The van der Waals surface area contributed by atoms with Crippen LogP contribution in [-0.4, -0.2) is 75.4 Å². The summed E-state index contributed by atoms with van der Waals surface area (Å²) in [6.07, 6.45) is 1.76. The van der Waals surface area contributed by atoms with E-state index in [2.05, 4.69) is 4.99 Å². The van der Waals surface area contributed by atoms with Crippen LogP contribution in [0.2, 0.25) is 0 Å². The van der Waals surface area contributed by atoms with E-state index in [4.69, 9.17) is 9.84 Å². The zero-order chi connectivity index (χ0) is 12.9. The van der Waals surface area contributed by atoms with Gasteiger partial charge in [0.25, 0.3) is 0 Å². The van der Waals surface area contributed by atoms with Crippen molar-refractivity contribution in [2.75, 3.05) is 54.6 Å². The first-order chi connectivity index (χ1) is 8.01. The summed E-state index contributed by atoms with van der Waals surface area (Å²) in [5, 5.41) is 9.15. The Kier molecular flexibility index (Phi) is 5.21. The lowest BCUT2D eigenvalue weighted by Gasteiger charge is -2.27. The summed E-state index contributed by atoms with van der Waals surface area (Å²) < 4.78 is 5.46. The Balaban J connectivity index is 2.69. The number of guanidine groups is 1. The van der Waals surface area contributed by atoms with Gasteiger partial charge in [0.2, 0.25) is 0 Å². The van der Waals surface area contributed by atoms with Crippen LogP contribution in [-0.2, 0) is 4.74 Å². The standard InChI is InChI=1S/C12H25N3O2/c1-14(2)11(15(3)4)13-9-12(5-7-16)6-8-17-10-12/h16H,5-10H2,1-4H3. The number of hydrogen-bond acceptors (Lipinski definition) is 3. The molecule has 0 aromatic carbocycles. The highest BCUT2D eigenvalue weighted by molar-refractivity contribution is 5.79. The minimum absolute atomic E-state index is 0.0338. The molecule has 1 fully saturated rings. The van der Waals surface area contributed by atoms with E-state index in [9.17, 15) is 0 Å². The molecule has 0 spiro atoms. The fraction of sp³-hybridized carbons (Fsp3) is 0.917. The number of aliphatic imine (C=N–C) groups is 1. The first-order valence-corrected chi connectivity index (χ1v) is 6.08. The van der Waals surface area contributed by atoms with Crippen LogP contribution in [0, 0.1) is 5.41 Å². The molecular formula is C12H25N3O2. The maximum absolute atomic E-state index is 9.15. The first-order valence-electron chi connectivity index (χ1n) is 6.08. The van der Waals surface area contributed by atoms with Crippen LogP contribution in [0.25, 0.3) is 0 Å². The molecule has 1 aliphatic rings. The van der Waals surface area contributed by atoms with Gasteiger partial charge in [-0.1, -0.05) is 0 Å². The van der Waals surface area contributed by atoms with Crippen molar-refractivity contribution in [3.05, 3.63) is 0 Å². The van der Waals surface area contributed by atoms with Gasteiger partial charge < -0.3 is 19.6 Å². The Hall–Kier alpha value is -0.810. The van der Waals surface area contributed by atoms with E-state index in [1.807, 2.05) is 38.0 Å². The zero-order valence-electron chi connectivity index (χ0n) is 11.4. The Labute approximate surface area is 104 Å². The molecule has 5 nitrogen and oxygen atoms in total. The van der Waals surface area contributed by atoms with E-state index in [-0.39, 0.29) is 12.0 Å². The average molecular weight is 243 g/mol. The van der Waals surface area contributed by atoms with E-state index in [0.29, 0.717) is 6.61 Å². The minimum Gasteiger partial charge on any atom is -0.396 e. The third kappa shape index (κ3) is 3.85. The van der Waals surface area contributed by atoms with E-state index in [1.54, 1.807) is 0 Å². The van der Waals surface area contributed by atoms with Crippen molar-refractivity contribution in [1.82, 2.24) is 9.80 Å². The molecule has 1 unspecified atom stereocenters. The molecule has 0 aliphatic carbocycles. The molecule has 5 heteroatoms. The lowest BCUT2D eigenvalue weighted by molar-refractivity contribution is 0.130. The van der Waals surface area contributed by atoms with Crippen molar-refractivity contribution < 1.29 is 9.84 Å². The monoisotopic (exact) mass is 243 g/mol. The lowest BCUT2D eigenvalue weighted by Crippen LogP contribution is -2.37. The van der Waals surface area contributed by atoms with Gasteiger partial charge in [0, 0.05) is 46.8 Å². The summed E-state index contributed by atoms with van der Waals surface area (Å²) in [7, 11) is 7.96. The lowest BCUT2D eigenvalue weighted by atomic mass is 9.84. The second-order valence-corrected chi connectivity index (χ2v) is 5.18. The number of nitrogens with zero attached hydrogens (tertiary/aromatic N) is 3. The molecule has 0 amide bonds. The molecular weight excluding hydrogens is 218 g/mol. The molecule has 1 rings (SSSR count). The molecule has 0 bridgehead atoms. The van der Waals surface area contributed by atoms with Gasteiger partial charge in [-0.2, -0.15) is 0 Å². The third-order valence-electron chi connectivity index (χ3n) is 3.18. The molecule has 100 valence electrons. The van der Waals surface area contributed by atoms with Gasteiger partial charge in [0.1, 0.15) is 0 Å². The number of aliphatic hydroxyl groups is 1. The van der Waals surface area contributed by atoms with Gasteiger partial charge in [0.15, 0.2) is 5.96 Å². The van der Waals surface area contributed by atoms with E-state index in [1.165, 1.54) is 0 Å². The van der Waals surface area contributed by atoms with Gasteiger partial charge in [-0.25, -0.2) is 0 Å².